The highest BCUT2D eigenvalue weighted by Crippen LogP contribution is 2.54. The van der Waals surface area contributed by atoms with Crippen LogP contribution in [0.15, 0.2) is 152 Å². The van der Waals surface area contributed by atoms with E-state index in [1.165, 1.54) is 71.8 Å². The van der Waals surface area contributed by atoms with Gasteiger partial charge in [0.25, 0.3) is 0 Å². The Morgan fingerprint density at radius 1 is 0.480 bits per heavy atom. The molecule has 1 aliphatic carbocycles. The minimum atomic E-state index is 0.0398. The van der Waals surface area contributed by atoms with Crippen molar-refractivity contribution >= 4 is 66.4 Å². The van der Waals surface area contributed by atoms with E-state index in [9.17, 15) is 0 Å². The number of benzene rings is 8. The molecule has 0 fully saturated rings. The van der Waals surface area contributed by atoms with Crippen molar-refractivity contribution in [1.29, 1.82) is 0 Å². The van der Waals surface area contributed by atoms with Gasteiger partial charge in [0.15, 0.2) is 0 Å². The zero-order valence-corrected chi connectivity index (χ0v) is 29.3. The summed E-state index contributed by atoms with van der Waals surface area (Å²) in [6, 6.07) is 55.9. The second-order valence-electron chi connectivity index (χ2n) is 14.8. The van der Waals surface area contributed by atoms with Crippen LogP contribution in [0.4, 0.5) is 34.1 Å². The molecular weight excluding hydrogens is 605 g/mol. The summed E-state index contributed by atoms with van der Waals surface area (Å²) in [5.41, 5.74) is 11.5. The first-order valence-corrected chi connectivity index (χ1v) is 18.0. The fourth-order valence-electron chi connectivity index (χ4n) is 8.50. The Labute approximate surface area is 295 Å². The van der Waals surface area contributed by atoms with Crippen molar-refractivity contribution in [2.24, 2.45) is 0 Å². The molecule has 0 amide bonds. The Kier molecular flexibility index (Phi) is 7.17. The van der Waals surface area contributed by atoms with Crippen molar-refractivity contribution in [2.75, 3.05) is 9.80 Å². The molecule has 0 radical (unpaired) electrons. The molecule has 50 heavy (non-hydrogen) atoms. The Balaban J connectivity index is 1.47. The second kappa shape index (κ2) is 11.8. The lowest BCUT2D eigenvalue weighted by Crippen LogP contribution is -2.24. The van der Waals surface area contributed by atoms with Gasteiger partial charge in [0.1, 0.15) is 0 Å². The summed E-state index contributed by atoms with van der Waals surface area (Å²) in [6.45, 7) is 9.57. The topological polar surface area (TPSA) is 6.48 Å². The van der Waals surface area contributed by atoms with E-state index in [-0.39, 0.29) is 5.41 Å². The zero-order chi connectivity index (χ0) is 34.0. The molecule has 0 atom stereocenters. The van der Waals surface area contributed by atoms with Crippen LogP contribution in [-0.2, 0) is 11.8 Å². The Bertz CT molecular complexity index is 2390. The van der Waals surface area contributed by atoms with Crippen LogP contribution in [0.3, 0.4) is 0 Å². The van der Waals surface area contributed by atoms with E-state index in [0.717, 1.165) is 24.2 Å². The Morgan fingerprint density at radius 3 is 1.42 bits per heavy atom. The maximum atomic E-state index is 2.57. The highest BCUT2D eigenvalue weighted by Gasteiger charge is 2.33. The van der Waals surface area contributed by atoms with Crippen molar-refractivity contribution in [3.63, 3.8) is 0 Å². The van der Waals surface area contributed by atoms with Crippen LogP contribution >= 0.6 is 0 Å². The smallest absolute Gasteiger partial charge is 0.0543 e. The van der Waals surface area contributed by atoms with E-state index in [2.05, 4.69) is 189 Å². The molecule has 0 spiro atoms. The molecule has 0 heterocycles. The van der Waals surface area contributed by atoms with Gasteiger partial charge in [-0.2, -0.15) is 0 Å². The van der Waals surface area contributed by atoms with Crippen molar-refractivity contribution in [2.45, 2.75) is 51.9 Å². The van der Waals surface area contributed by atoms with Gasteiger partial charge in [-0.3, -0.25) is 0 Å². The Morgan fingerprint density at radius 2 is 0.940 bits per heavy atom. The number of hydrogen-bond acceptors (Lipinski definition) is 2. The van der Waals surface area contributed by atoms with Gasteiger partial charge >= 0.3 is 0 Å². The Hall–Kier alpha value is -5.60. The quantitative estimate of drug-likeness (QED) is 0.159. The molecule has 8 aromatic rings. The normalized spacial score (nSPS) is 13.8. The maximum Gasteiger partial charge on any atom is 0.0543 e. The van der Waals surface area contributed by atoms with Crippen LogP contribution in [0.2, 0.25) is 0 Å². The van der Waals surface area contributed by atoms with Crippen molar-refractivity contribution in [3.05, 3.63) is 168 Å². The van der Waals surface area contributed by atoms with E-state index < -0.39 is 0 Å². The summed E-state index contributed by atoms with van der Waals surface area (Å²) < 4.78 is 0. The molecule has 0 saturated heterocycles. The van der Waals surface area contributed by atoms with Crippen LogP contribution in [0.25, 0.3) is 32.3 Å². The van der Waals surface area contributed by atoms with E-state index in [1.807, 2.05) is 0 Å². The molecule has 8 aromatic carbocycles. The van der Waals surface area contributed by atoms with Gasteiger partial charge < -0.3 is 9.80 Å². The van der Waals surface area contributed by atoms with Crippen molar-refractivity contribution in [3.8, 4) is 0 Å². The third-order valence-corrected chi connectivity index (χ3v) is 11.0. The first kappa shape index (κ1) is 30.5. The summed E-state index contributed by atoms with van der Waals surface area (Å²) in [5.74, 6) is 0.347. The molecule has 0 saturated carbocycles. The lowest BCUT2D eigenvalue weighted by molar-refractivity contribution is 0.475. The van der Waals surface area contributed by atoms with Gasteiger partial charge in [0.2, 0.25) is 0 Å². The van der Waals surface area contributed by atoms with E-state index in [4.69, 9.17) is 0 Å². The third kappa shape index (κ3) is 4.77. The highest BCUT2D eigenvalue weighted by molar-refractivity contribution is 6.30. The molecule has 0 aromatic heterocycles. The molecule has 2 nitrogen and oxygen atoms in total. The molecule has 0 bridgehead atoms. The predicted octanol–water partition coefficient (Wildman–Crippen LogP) is 13.9. The first-order chi connectivity index (χ1) is 24.4. The van der Waals surface area contributed by atoms with Crippen LogP contribution < -0.4 is 9.80 Å². The molecule has 2 heteroatoms. The first-order valence-electron chi connectivity index (χ1n) is 18.0. The third-order valence-electron chi connectivity index (χ3n) is 11.0. The van der Waals surface area contributed by atoms with Crippen LogP contribution in [0.5, 0.6) is 0 Å². The largest absolute Gasteiger partial charge is 0.310 e. The van der Waals surface area contributed by atoms with Gasteiger partial charge in [-0.05, 0) is 124 Å². The summed E-state index contributed by atoms with van der Waals surface area (Å²) in [6.07, 6.45) is 2.17. The summed E-state index contributed by atoms with van der Waals surface area (Å²) in [5, 5.41) is 8.20. The van der Waals surface area contributed by atoms with Crippen LogP contribution in [0, 0.1) is 0 Å². The highest BCUT2D eigenvalue weighted by atomic mass is 15.1. The second-order valence-corrected chi connectivity index (χ2v) is 14.8. The summed E-state index contributed by atoms with van der Waals surface area (Å²) in [4.78, 5) is 4.94. The predicted molar refractivity (Wildman–Crippen MR) is 215 cm³/mol. The lowest BCUT2D eigenvalue weighted by atomic mass is 9.70. The molecule has 0 N–H and O–H groups in total. The minimum Gasteiger partial charge on any atom is -0.310 e. The van der Waals surface area contributed by atoms with Gasteiger partial charge in [-0.25, -0.2) is 0 Å². The fourth-order valence-corrected chi connectivity index (χ4v) is 8.50. The molecule has 0 unspecified atom stereocenters. The minimum absolute atomic E-state index is 0.0398. The average molecular weight is 647 g/mol. The monoisotopic (exact) mass is 646 g/mol. The van der Waals surface area contributed by atoms with Crippen molar-refractivity contribution in [1.82, 2.24) is 0 Å². The number of nitrogens with zero attached hydrogens (tertiary/aromatic N) is 2. The van der Waals surface area contributed by atoms with Crippen LogP contribution in [0.1, 0.15) is 56.7 Å². The molecule has 1 aliphatic rings. The number of hydrogen-bond donors (Lipinski definition) is 0. The van der Waals surface area contributed by atoms with Gasteiger partial charge in [0.05, 0.1) is 11.4 Å². The maximum absolute atomic E-state index is 2.57. The molecule has 244 valence electrons. The lowest BCUT2D eigenvalue weighted by Gasteiger charge is -2.37. The van der Waals surface area contributed by atoms with Crippen LogP contribution in [-0.4, -0.2) is 0 Å². The SMILES string of the molecule is CC(C)c1cc(N(c2ccccc2)c2ccccc2)c2cc3c4c(cc(N(c5ccccc5)c5ccccc5)c5ccc1c2c54)CCC3(C)C. The van der Waals surface area contributed by atoms with E-state index in [0.29, 0.717) is 5.92 Å². The summed E-state index contributed by atoms with van der Waals surface area (Å²) >= 11 is 0. The fraction of sp³-hybridized carbons (Fsp3) is 0.167. The van der Waals surface area contributed by atoms with E-state index >= 15 is 0 Å². The van der Waals surface area contributed by atoms with Gasteiger partial charge in [-0.15, -0.1) is 0 Å². The number of para-hydroxylation sites is 4. The molecule has 9 rings (SSSR count). The summed E-state index contributed by atoms with van der Waals surface area (Å²) in [7, 11) is 0. The van der Waals surface area contributed by atoms with Gasteiger partial charge in [-0.1, -0.05) is 113 Å². The number of anilines is 6. The standard InChI is InChI=1S/C48H42N2/c1-32(2)40-31-44(50(36-21-13-7-14-22-36)37-23-15-8-16-24-37)41-30-42-45-33(27-28-48(42,3)4)29-43(39-26-25-38(40)46(41)47(39)45)49(34-17-9-5-10-18-34)35-19-11-6-12-20-35/h5-26,29-32H,27-28H2,1-4H3. The molecule has 0 aliphatic heterocycles. The zero-order valence-electron chi connectivity index (χ0n) is 29.3. The van der Waals surface area contributed by atoms with Crippen molar-refractivity contribution < 1.29 is 0 Å². The average Bonchev–Trinajstić information content (AvgIpc) is 3.15. The van der Waals surface area contributed by atoms with Gasteiger partial charge in [0, 0.05) is 38.9 Å². The van der Waals surface area contributed by atoms with E-state index in [1.54, 1.807) is 0 Å². The number of aryl methyl sites for hydroxylation is 1. The molecular formula is C48H42N2. The number of rotatable bonds is 7.